The van der Waals surface area contributed by atoms with Crippen molar-refractivity contribution in [3.63, 3.8) is 0 Å². The Morgan fingerprint density at radius 2 is 1.93 bits per heavy atom. The zero-order chi connectivity index (χ0) is 29.5. The second-order valence-electron chi connectivity index (χ2n) is 10.7. The molecule has 1 aliphatic rings. The molecular weight excluding hydrogens is 520 g/mol. The van der Waals surface area contributed by atoms with E-state index in [9.17, 15) is 0 Å². The van der Waals surface area contributed by atoms with Gasteiger partial charge < -0.3 is 15.6 Å². The van der Waals surface area contributed by atoms with Crippen molar-refractivity contribution in [3.05, 3.63) is 113 Å². The van der Waals surface area contributed by atoms with Gasteiger partial charge in [-0.25, -0.2) is 4.98 Å². The molecule has 0 aliphatic carbocycles. The zero-order valence-corrected chi connectivity index (χ0v) is 24.4. The van der Waals surface area contributed by atoms with E-state index >= 15 is 0 Å². The number of H-pyrrole nitrogens is 2. The molecule has 4 aromatic rings. The van der Waals surface area contributed by atoms with Gasteiger partial charge in [-0.3, -0.25) is 15.1 Å². The summed E-state index contributed by atoms with van der Waals surface area (Å²) in [4.78, 5) is 17.0. The molecule has 0 bridgehead atoms. The fraction of sp³-hybridized carbons (Fsp3) is 0.235. The lowest BCUT2D eigenvalue weighted by Gasteiger charge is -2.23. The van der Waals surface area contributed by atoms with Gasteiger partial charge in [-0.05, 0) is 81.5 Å². The van der Waals surface area contributed by atoms with Crippen LogP contribution in [0.15, 0.2) is 80.1 Å². The van der Waals surface area contributed by atoms with Crippen LogP contribution in [0.4, 0.5) is 5.69 Å². The maximum absolute atomic E-state index is 4.89. The van der Waals surface area contributed by atoms with Crippen LogP contribution in [-0.2, 0) is 0 Å². The van der Waals surface area contributed by atoms with Crippen molar-refractivity contribution in [2.75, 3.05) is 18.4 Å². The van der Waals surface area contributed by atoms with Crippen LogP contribution in [0.2, 0.25) is 0 Å². The third kappa shape index (κ3) is 6.72. The van der Waals surface area contributed by atoms with Gasteiger partial charge in [0.05, 0.1) is 22.9 Å². The number of aromatic amines is 2. The molecule has 8 heteroatoms. The summed E-state index contributed by atoms with van der Waals surface area (Å²) in [5.74, 6) is 1.33. The predicted octanol–water partition coefficient (Wildman–Crippen LogP) is 5.13. The summed E-state index contributed by atoms with van der Waals surface area (Å²) in [6.45, 7) is 18.7. The maximum Gasteiger partial charge on any atom is 0.159 e. The molecule has 0 amide bonds. The molecule has 42 heavy (non-hydrogen) atoms. The molecule has 0 spiro atoms. The number of hydrogen-bond donors (Lipinski definition) is 4. The van der Waals surface area contributed by atoms with Crippen molar-refractivity contribution in [2.24, 2.45) is 5.92 Å². The van der Waals surface area contributed by atoms with Gasteiger partial charge in [-0.2, -0.15) is 5.10 Å². The molecule has 1 aliphatic heterocycles. The summed E-state index contributed by atoms with van der Waals surface area (Å²) >= 11 is 0. The zero-order valence-electron chi connectivity index (χ0n) is 24.4. The number of allylic oxidation sites excluding steroid dienone is 5. The smallest absolute Gasteiger partial charge is 0.159 e. The summed E-state index contributed by atoms with van der Waals surface area (Å²) in [6.07, 6.45) is 18.4. The summed E-state index contributed by atoms with van der Waals surface area (Å²) in [7, 11) is 0. The molecule has 4 N–H and O–H groups in total. The minimum Gasteiger partial charge on any atom is -0.358 e. The number of aryl methyl sites for hydroxylation is 1. The topological polar surface area (TPSA) is 107 Å². The Hall–Kier alpha value is -4.82. The summed E-state index contributed by atoms with van der Waals surface area (Å²) in [6, 6.07) is 6.02. The van der Waals surface area contributed by atoms with Gasteiger partial charge in [0.15, 0.2) is 5.82 Å². The number of pyridine rings is 2. The molecule has 5 heterocycles. The summed E-state index contributed by atoms with van der Waals surface area (Å²) in [5, 5.41) is 16.1. The van der Waals surface area contributed by atoms with E-state index in [1.54, 1.807) is 12.3 Å². The maximum atomic E-state index is 4.89. The van der Waals surface area contributed by atoms with E-state index in [0.717, 1.165) is 75.1 Å². The molecule has 8 nitrogen and oxygen atoms in total. The molecule has 0 saturated carbocycles. The van der Waals surface area contributed by atoms with Gasteiger partial charge in [-0.1, -0.05) is 44.0 Å². The molecule has 214 valence electrons. The van der Waals surface area contributed by atoms with Crippen molar-refractivity contribution in [2.45, 2.75) is 33.1 Å². The van der Waals surface area contributed by atoms with E-state index in [2.05, 4.69) is 68.5 Å². The van der Waals surface area contributed by atoms with Crippen molar-refractivity contribution in [3.8, 4) is 11.5 Å². The first kappa shape index (κ1) is 28.7. The average molecular weight is 559 g/mol. The third-order valence-electron chi connectivity index (χ3n) is 7.53. The lowest BCUT2D eigenvalue weighted by atomic mass is 9.93. The Labute approximate surface area is 246 Å². The van der Waals surface area contributed by atoms with E-state index in [0.29, 0.717) is 17.4 Å². The first-order valence-corrected chi connectivity index (χ1v) is 14.3. The first-order valence-electron chi connectivity index (χ1n) is 14.3. The van der Waals surface area contributed by atoms with Crippen molar-refractivity contribution < 1.29 is 0 Å². The second kappa shape index (κ2) is 13.2. The molecule has 0 radical (unpaired) electrons. The largest absolute Gasteiger partial charge is 0.358 e. The standard InChI is InChI=1S/C34H38N8/c1-6-8-30(27-9-7-14-36-19-27)33-25(5)39-34(40-33)32-24(4)31(41-42-32)11-10-22(2)28-18-29(21-37-20-28)38-23(3)17-26-12-15-35-16-13-26/h6-11,14,18-21,26,35,38,41H,1,3-4,12-13,15-17H2,2,5H3,(H,39,40)/b22-10+,30-8-,31-11+. The number of hydrogen-bond acceptors (Lipinski definition) is 6. The van der Waals surface area contributed by atoms with Gasteiger partial charge in [0.25, 0.3) is 0 Å². The van der Waals surface area contributed by atoms with Gasteiger partial charge in [0.2, 0.25) is 0 Å². The van der Waals surface area contributed by atoms with Crippen molar-refractivity contribution in [1.29, 1.82) is 0 Å². The highest BCUT2D eigenvalue weighted by Crippen LogP contribution is 2.26. The molecule has 4 aromatic heterocycles. The van der Waals surface area contributed by atoms with Crippen LogP contribution in [0.3, 0.4) is 0 Å². The fourth-order valence-electron chi connectivity index (χ4n) is 5.22. The van der Waals surface area contributed by atoms with Crippen LogP contribution in [0.1, 0.15) is 48.7 Å². The Morgan fingerprint density at radius 3 is 2.69 bits per heavy atom. The van der Waals surface area contributed by atoms with E-state index in [-0.39, 0.29) is 0 Å². The average Bonchev–Trinajstić information content (AvgIpc) is 3.57. The Balaban J connectivity index is 1.34. The van der Waals surface area contributed by atoms with E-state index in [1.807, 2.05) is 55.9 Å². The summed E-state index contributed by atoms with van der Waals surface area (Å²) in [5.41, 5.74) is 8.38. The van der Waals surface area contributed by atoms with Gasteiger partial charge in [0, 0.05) is 46.3 Å². The van der Waals surface area contributed by atoms with Crippen LogP contribution < -0.4 is 21.2 Å². The molecule has 0 atom stereocenters. The summed E-state index contributed by atoms with van der Waals surface area (Å²) < 4.78 is 0. The fourth-order valence-corrected chi connectivity index (χ4v) is 5.22. The lowest BCUT2D eigenvalue weighted by Crippen LogP contribution is -2.28. The van der Waals surface area contributed by atoms with Crippen LogP contribution in [0.25, 0.3) is 35.3 Å². The Kier molecular flexibility index (Phi) is 9.04. The molecule has 1 fully saturated rings. The molecule has 0 unspecified atom stereocenters. The normalized spacial score (nSPS) is 15.1. The van der Waals surface area contributed by atoms with E-state index in [1.165, 1.54) is 12.8 Å². The molecule has 1 saturated heterocycles. The van der Waals surface area contributed by atoms with Crippen LogP contribution >= 0.6 is 0 Å². The highest BCUT2D eigenvalue weighted by molar-refractivity contribution is 5.80. The van der Waals surface area contributed by atoms with Crippen molar-refractivity contribution in [1.82, 2.24) is 35.5 Å². The number of rotatable bonds is 10. The number of anilines is 1. The quantitative estimate of drug-likeness (QED) is 0.201. The van der Waals surface area contributed by atoms with Crippen LogP contribution in [-0.4, -0.2) is 43.2 Å². The predicted molar refractivity (Wildman–Crippen MR) is 173 cm³/mol. The number of imidazole rings is 1. The molecule has 5 rings (SSSR count). The van der Waals surface area contributed by atoms with E-state index in [4.69, 9.17) is 4.98 Å². The first-order chi connectivity index (χ1) is 20.4. The number of nitrogens with zero attached hydrogens (tertiary/aromatic N) is 4. The van der Waals surface area contributed by atoms with Crippen molar-refractivity contribution >= 4 is 29.5 Å². The minimum atomic E-state index is 0.649. The van der Waals surface area contributed by atoms with Crippen LogP contribution in [0.5, 0.6) is 0 Å². The highest BCUT2D eigenvalue weighted by atomic mass is 15.1. The van der Waals surface area contributed by atoms with Crippen LogP contribution in [0, 0.1) is 12.8 Å². The Morgan fingerprint density at radius 1 is 1.12 bits per heavy atom. The third-order valence-corrected chi connectivity index (χ3v) is 7.53. The van der Waals surface area contributed by atoms with E-state index < -0.39 is 0 Å². The van der Waals surface area contributed by atoms with Gasteiger partial charge >= 0.3 is 0 Å². The monoisotopic (exact) mass is 558 g/mol. The minimum absolute atomic E-state index is 0.649. The molecule has 0 aromatic carbocycles. The number of nitrogens with one attached hydrogen (secondary N) is 4. The van der Waals surface area contributed by atoms with Gasteiger partial charge in [-0.15, -0.1) is 0 Å². The number of aromatic nitrogens is 6. The molecular formula is C34H38N8. The highest BCUT2D eigenvalue weighted by Gasteiger charge is 2.17. The number of piperidine rings is 1. The SMILES string of the molecule is C=C/C=C(/c1cccnc1)c1nc(-c2n[nH]/c(=C/C=C(\C)c3cncc(NC(=C)CC4CCNCC4)c3)c2=C)[nH]c1C. The lowest BCUT2D eigenvalue weighted by molar-refractivity contribution is 0.373. The second-order valence-corrected chi connectivity index (χ2v) is 10.7. The Bertz CT molecular complexity index is 1730. The van der Waals surface area contributed by atoms with Gasteiger partial charge in [0.1, 0.15) is 5.69 Å².